The van der Waals surface area contributed by atoms with Crippen LogP contribution in [0.3, 0.4) is 0 Å². The van der Waals surface area contributed by atoms with Gasteiger partial charge >= 0.3 is 35.8 Å². The number of likely N-dealkylation sites (tertiary alicyclic amines) is 1. The molecule has 8 atom stereocenters. The highest BCUT2D eigenvalue weighted by Gasteiger charge is 2.36. The van der Waals surface area contributed by atoms with E-state index in [1.165, 1.54) is 179 Å². The van der Waals surface area contributed by atoms with Crippen LogP contribution in [0.15, 0.2) is 17.5 Å². The van der Waals surface area contributed by atoms with E-state index >= 15 is 0 Å². The number of hydroxylamine groups is 2. The number of nitrogens with zero attached hydrogens (tertiary/aromatic N) is 4. The number of aliphatic carboxylic acids is 6. The van der Waals surface area contributed by atoms with E-state index in [2.05, 4.69) is 170 Å². The average Bonchev–Trinajstić information content (AvgIpc) is 1.39. The number of thiophene rings is 1. The lowest BCUT2D eigenvalue weighted by Crippen LogP contribution is -2.47. The summed E-state index contributed by atoms with van der Waals surface area (Å²) in [4.78, 5) is 94.8. The first-order valence-electron chi connectivity index (χ1n) is 59.9. The Morgan fingerprint density at radius 1 is 0.358 bits per heavy atom. The number of rotatable bonds is 33. The number of aliphatic hydroxyl groups excluding tert-OH is 1. The van der Waals surface area contributed by atoms with Crippen LogP contribution in [0.2, 0.25) is 0 Å². The third-order valence-corrected chi connectivity index (χ3v) is 38.0. The predicted molar refractivity (Wildman–Crippen MR) is 606 cm³/mol. The van der Waals surface area contributed by atoms with Gasteiger partial charge in [0.15, 0.2) is 12.1 Å². The minimum atomic E-state index is -0.706. The van der Waals surface area contributed by atoms with Crippen molar-refractivity contribution < 1.29 is 83.7 Å². The lowest BCUT2D eigenvalue weighted by atomic mass is 9.73. The third kappa shape index (κ3) is 60.5. The van der Waals surface area contributed by atoms with Crippen molar-refractivity contribution in [2.75, 3.05) is 47.4 Å². The van der Waals surface area contributed by atoms with Crippen LogP contribution in [0.5, 0.6) is 0 Å². The Hall–Kier alpha value is -5.56. The van der Waals surface area contributed by atoms with E-state index in [4.69, 9.17) is 50.7 Å². The van der Waals surface area contributed by atoms with Crippen LogP contribution in [0.25, 0.3) is 0 Å². The number of carbonyl (C=O) groups is 8. The highest BCUT2D eigenvalue weighted by molar-refractivity contribution is 7.12. The summed E-state index contributed by atoms with van der Waals surface area (Å²) in [6.07, 6.45) is 51.2. The zero-order chi connectivity index (χ0) is 111. The number of carboxylic acid groups (broad SMARTS) is 6. The second-order valence-electron chi connectivity index (χ2n) is 51.4. The summed E-state index contributed by atoms with van der Waals surface area (Å²) in [5.41, 5.74) is 0. The third-order valence-electron chi connectivity index (χ3n) is 37.1. The van der Waals surface area contributed by atoms with E-state index in [1.807, 2.05) is 29.3 Å². The van der Waals surface area contributed by atoms with Crippen LogP contribution in [0.4, 0.5) is 0 Å². The molecule has 1 aromatic rings. The smallest absolute Gasteiger partial charge is 0.317 e. The Labute approximate surface area is 907 Å². The van der Waals surface area contributed by atoms with Crippen molar-refractivity contribution in [3.63, 3.8) is 0 Å². The first-order valence-corrected chi connectivity index (χ1v) is 60.8. The number of aliphatic hydroxyl groups is 1. The number of nitrogens with one attached hydrogen (secondary N) is 1. The number of Topliss-reactive ketones (excluding diaryl/α,β-unsaturated/α-hetero) is 1. The van der Waals surface area contributed by atoms with Gasteiger partial charge in [0.1, 0.15) is 0 Å². The SMILES string of the molecule is CC(C)C1CCC(C(C)C(=O)O)CC1.CC(C)C1CCC(CC#N)C1.CC(C)C1CCC(CC#N)CC1.CC(C)C1CCC(CC(=O)O)CC1.CC(C)C1CCC(CC(=O)O)CC1.CC(C)C1CCC(CC(=O)O)CC1.CC(C)C1CCC(CC(=O)c2cccs2)CC1.CC(C)C1CCCC(CC(=O)O)C1.CC(C)C1CCN(CC(=O)O)CC1.COC(O)[C@@H]1CC[C@H](C(C)C)CN1.CON(C)C(=O)CC1CCC(C(C)C)CC1. The van der Waals surface area contributed by atoms with E-state index in [1.54, 1.807) is 25.5 Å². The fraction of sp³-hybridized carbons (Fsp3) is 0.888. The van der Waals surface area contributed by atoms with Gasteiger partial charge < -0.3 is 45.8 Å². The molecular formula is C125H225N5O17S. The molecule has 2 aliphatic heterocycles. The van der Waals surface area contributed by atoms with E-state index in [9.17, 15) is 43.5 Å². The van der Waals surface area contributed by atoms with Gasteiger partial charge in [-0.25, -0.2) is 5.06 Å². The second-order valence-corrected chi connectivity index (χ2v) is 52.3. The number of ether oxygens (including phenoxy) is 1. The Balaban J connectivity index is 0.000000551. The van der Waals surface area contributed by atoms with Gasteiger partial charge in [-0.05, 0) is 452 Å². The average molecular weight is 2100 g/mol. The minimum absolute atomic E-state index is 0.107. The van der Waals surface area contributed by atoms with Crippen molar-refractivity contribution in [2.24, 2.45) is 189 Å². The quantitative estimate of drug-likeness (QED) is 0.0184. The van der Waals surface area contributed by atoms with E-state index < -0.39 is 42.1 Å². The molecule has 3 heterocycles. The van der Waals surface area contributed by atoms with Crippen molar-refractivity contribution in [1.29, 1.82) is 10.5 Å². The van der Waals surface area contributed by atoms with Crippen molar-refractivity contribution in [1.82, 2.24) is 15.3 Å². The Morgan fingerprint density at radius 3 is 0.946 bits per heavy atom. The lowest BCUT2D eigenvalue weighted by Gasteiger charge is -2.33. The first-order chi connectivity index (χ1) is 69.8. The maximum Gasteiger partial charge on any atom is 0.317 e. The molecule has 9 aliphatic carbocycles. The van der Waals surface area contributed by atoms with Crippen molar-refractivity contribution in [3.8, 4) is 12.1 Å². The fourth-order valence-corrected chi connectivity index (χ4v) is 25.9. The minimum Gasteiger partial charge on any atom is -0.481 e. The number of carboxylic acids is 6. The van der Waals surface area contributed by atoms with E-state index in [-0.39, 0.29) is 24.4 Å². The molecule has 11 fully saturated rings. The number of carbonyl (C=O) groups excluding carboxylic acids is 2. The summed E-state index contributed by atoms with van der Waals surface area (Å²) in [5, 5.41) is 85.2. The zero-order valence-corrected chi connectivity index (χ0v) is 99.7. The molecule has 0 radical (unpaired) electrons. The summed E-state index contributed by atoms with van der Waals surface area (Å²) >= 11 is 1.58. The molecule has 6 unspecified atom stereocenters. The maximum atomic E-state index is 12.0. The molecule has 0 bridgehead atoms. The van der Waals surface area contributed by atoms with Crippen LogP contribution < -0.4 is 5.32 Å². The summed E-state index contributed by atoms with van der Waals surface area (Å²) in [7, 11) is 4.76. The number of hydrogen-bond donors (Lipinski definition) is 8. The van der Waals surface area contributed by atoms with Gasteiger partial charge in [-0.15, -0.1) is 11.3 Å². The highest BCUT2D eigenvalue weighted by Crippen LogP contribution is 2.44. The summed E-state index contributed by atoms with van der Waals surface area (Å²) in [6, 6.07) is 8.59. The maximum absolute atomic E-state index is 12.0. The molecule has 858 valence electrons. The van der Waals surface area contributed by atoms with Gasteiger partial charge in [0.05, 0.1) is 42.6 Å². The van der Waals surface area contributed by atoms with Gasteiger partial charge in [-0.1, -0.05) is 178 Å². The number of ketones is 1. The Morgan fingerprint density at radius 2 is 0.649 bits per heavy atom. The highest BCUT2D eigenvalue weighted by atomic mass is 32.1. The number of amides is 1. The molecule has 9 saturated carbocycles. The predicted octanol–water partition coefficient (Wildman–Crippen LogP) is 31.3. The molecule has 1 aromatic heterocycles. The summed E-state index contributed by atoms with van der Waals surface area (Å²) in [6.45, 7) is 55.0. The van der Waals surface area contributed by atoms with Crippen molar-refractivity contribution in [3.05, 3.63) is 22.4 Å². The van der Waals surface area contributed by atoms with E-state index in [0.29, 0.717) is 91.1 Å². The second kappa shape index (κ2) is 77.7. The molecule has 8 N–H and O–H groups in total. The largest absolute Gasteiger partial charge is 0.481 e. The van der Waals surface area contributed by atoms with Gasteiger partial charge in [-0.2, -0.15) is 10.5 Å². The van der Waals surface area contributed by atoms with Gasteiger partial charge in [-0.3, -0.25) is 48.1 Å². The Kier molecular flexibility index (Phi) is 72.7. The number of hydrogen-bond acceptors (Lipinski definition) is 16. The molecule has 148 heavy (non-hydrogen) atoms. The molecule has 0 aromatic carbocycles. The van der Waals surface area contributed by atoms with Crippen molar-refractivity contribution in [2.45, 2.75) is 473 Å². The monoisotopic (exact) mass is 2100 g/mol. The van der Waals surface area contributed by atoms with Crippen LogP contribution in [-0.2, 0) is 43.1 Å². The fourth-order valence-electron chi connectivity index (χ4n) is 25.3. The normalized spacial score (nSPS) is 28.2. The van der Waals surface area contributed by atoms with Crippen molar-refractivity contribution >= 4 is 58.8 Å². The Bertz CT molecular complexity index is 3540. The molecule has 23 heteroatoms. The number of methoxy groups -OCH3 is 1. The molecule has 1 amide bonds. The molecule has 22 nitrogen and oxygen atoms in total. The van der Waals surface area contributed by atoms with Crippen LogP contribution >= 0.6 is 11.3 Å². The molecular weight excluding hydrogens is 1880 g/mol. The topological polar surface area (TPSA) is 363 Å². The first kappa shape index (κ1) is 138. The standard InChI is InChI=1S/C15H22OS.C13H25NO2.C12H22O2.C11H19N.4C11H20O2.C10H21NO2.C10H19NO2.C10H17N/c1-11(2)13-7-5-12(6-8-13)10-14(16)15-4-3-9-17-15;1-10(2)12-7-5-11(6-8-12)9-13(15)14(3)16-4;1-8(2)10-4-6-11(7-5-10)9(3)12(13)14;1-9(2)11-5-3-10(4-6-11)7-8-12;3*1-8(2)10-5-3-9(4-6-10)7-11(12)13;1-8(2)10-5-3-4-9(6-10)7-11(12)13;1-7(2)8-4-5-9(11-6-8)10(12)13-3;1-8(2)9-3-5-11(6-4-9)7-10(12)13;1-8(2)10-4-3-9(7-10)5-6-11/h3-4,9,11-13H,5-8,10H2,1-2H3;10-12H,5-9H2,1-4H3;8-11H,4-7H2,1-3H3,(H,13,14);9-11H,3-7H2,1-2H3;4*8-10H,3-7H2,1-2H3,(H,12,13);7-12H,4-6H2,1-3H3;8-9H,3-7H2,1-2H3,(H,12,13);8-10H,3-5,7H2,1-2H3/t;;;;;;;;8-,9-,10?;;/m........0../s1. The zero-order valence-electron chi connectivity index (χ0n) is 98.8. The molecule has 2 saturated heterocycles. The van der Waals surface area contributed by atoms with Crippen LogP contribution in [0.1, 0.15) is 471 Å². The molecule has 11 aliphatic rings. The molecule has 12 rings (SSSR count). The molecule has 0 spiro atoms. The van der Waals surface area contributed by atoms with Crippen LogP contribution in [-0.4, -0.2) is 153 Å². The number of nitriles is 2. The number of piperidine rings is 2. The summed E-state index contributed by atoms with van der Waals surface area (Å²) in [5.74, 6) is 19.1. The van der Waals surface area contributed by atoms with Crippen LogP contribution in [0, 0.1) is 212 Å². The van der Waals surface area contributed by atoms with E-state index in [0.717, 1.165) is 257 Å². The summed E-state index contributed by atoms with van der Waals surface area (Å²) < 4.78 is 4.88. The van der Waals surface area contributed by atoms with Gasteiger partial charge in [0.25, 0.3) is 0 Å². The van der Waals surface area contributed by atoms with Gasteiger partial charge in [0.2, 0.25) is 5.91 Å². The van der Waals surface area contributed by atoms with Gasteiger partial charge in [0, 0.05) is 65.5 Å². The lowest BCUT2D eigenvalue weighted by molar-refractivity contribution is -0.170.